The molecule has 0 unspecified atom stereocenters. The van der Waals surface area contributed by atoms with Crippen molar-refractivity contribution in [2.75, 3.05) is 0 Å². The van der Waals surface area contributed by atoms with Gasteiger partial charge in [0.25, 0.3) is 0 Å². The summed E-state index contributed by atoms with van der Waals surface area (Å²) in [6.07, 6.45) is 2.32. The lowest BCUT2D eigenvalue weighted by Gasteiger charge is -2.30. The lowest BCUT2D eigenvalue weighted by molar-refractivity contribution is 0.398. The molecule has 1 aliphatic rings. The summed E-state index contributed by atoms with van der Waals surface area (Å²) in [7, 11) is 0. The molecule has 0 atom stereocenters. The van der Waals surface area contributed by atoms with E-state index in [-0.39, 0.29) is 11.0 Å². The van der Waals surface area contributed by atoms with Crippen molar-refractivity contribution in [3.8, 4) is 0 Å². The van der Waals surface area contributed by atoms with Gasteiger partial charge in [0.05, 0.1) is 0 Å². The summed E-state index contributed by atoms with van der Waals surface area (Å²) in [5.41, 5.74) is 6.44. The summed E-state index contributed by atoms with van der Waals surface area (Å²) in [6, 6.07) is 2.19. The Morgan fingerprint density at radius 1 is 1.54 bits per heavy atom. The highest BCUT2D eigenvalue weighted by Crippen LogP contribution is 2.50. The van der Waals surface area contributed by atoms with E-state index in [9.17, 15) is 0 Å². The van der Waals surface area contributed by atoms with Gasteiger partial charge in [0.1, 0.15) is 0 Å². The molecule has 1 nitrogen and oxygen atoms in total. The quantitative estimate of drug-likeness (QED) is 0.867. The van der Waals surface area contributed by atoms with Crippen LogP contribution in [0, 0.1) is 0 Å². The zero-order valence-corrected chi connectivity index (χ0v) is 10.3. The summed E-state index contributed by atoms with van der Waals surface area (Å²) >= 11 is 5.28. The molecule has 0 amide bonds. The van der Waals surface area contributed by atoms with Crippen molar-refractivity contribution >= 4 is 27.3 Å². The maximum atomic E-state index is 6.26. The third-order valence-electron chi connectivity index (χ3n) is 3.22. The van der Waals surface area contributed by atoms with E-state index in [2.05, 4.69) is 41.2 Å². The largest absolute Gasteiger partial charge is 0.324 e. The van der Waals surface area contributed by atoms with Crippen LogP contribution in [0.5, 0.6) is 0 Å². The first-order valence-electron chi connectivity index (χ1n) is 4.49. The van der Waals surface area contributed by atoms with E-state index in [0.717, 1.165) is 12.8 Å². The van der Waals surface area contributed by atoms with Crippen LogP contribution in [0.2, 0.25) is 0 Å². The highest BCUT2D eigenvalue weighted by atomic mass is 79.9. The molecule has 0 saturated heterocycles. The number of thiophene rings is 1. The first kappa shape index (κ1) is 9.69. The molecule has 0 aromatic carbocycles. The van der Waals surface area contributed by atoms with Crippen LogP contribution in [0.25, 0.3) is 0 Å². The van der Waals surface area contributed by atoms with Gasteiger partial charge in [-0.1, -0.05) is 13.8 Å². The van der Waals surface area contributed by atoms with Crippen molar-refractivity contribution in [3.63, 3.8) is 0 Å². The van der Waals surface area contributed by atoms with Crippen LogP contribution in [0.4, 0.5) is 0 Å². The van der Waals surface area contributed by atoms with Crippen molar-refractivity contribution in [1.29, 1.82) is 0 Å². The average Bonchev–Trinajstić information content (AvgIpc) is 2.63. The Hall–Kier alpha value is 0.140. The highest BCUT2D eigenvalue weighted by molar-refractivity contribution is 9.10. The molecule has 0 spiro atoms. The predicted molar refractivity (Wildman–Crippen MR) is 61.2 cm³/mol. The van der Waals surface area contributed by atoms with E-state index in [1.54, 1.807) is 11.3 Å². The molecular formula is C10H14BrNS. The van der Waals surface area contributed by atoms with E-state index in [0.29, 0.717) is 0 Å². The first-order chi connectivity index (χ1) is 5.96. The second-order valence-corrected chi connectivity index (χ2v) is 6.24. The van der Waals surface area contributed by atoms with Gasteiger partial charge in [-0.05, 0) is 34.8 Å². The Morgan fingerprint density at radius 3 is 2.54 bits per heavy atom. The minimum Gasteiger partial charge on any atom is -0.324 e. The lowest BCUT2D eigenvalue weighted by atomic mass is 9.81. The molecule has 1 aromatic heterocycles. The van der Waals surface area contributed by atoms with Crippen molar-refractivity contribution in [1.82, 2.24) is 0 Å². The van der Waals surface area contributed by atoms with E-state index >= 15 is 0 Å². The lowest BCUT2D eigenvalue weighted by Crippen LogP contribution is -2.42. The Labute approximate surface area is 91.5 Å². The normalized spacial score (nSPS) is 20.3. The van der Waals surface area contributed by atoms with E-state index in [1.165, 1.54) is 9.35 Å². The van der Waals surface area contributed by atoms with Gasteiger partial charge < -0.3 is 5.73 Å². The molecule has 2 N–H and O–H groups in total. The van der Waals surface area contributed by atoms with Gasteiger partial charge in [0.15, 0.2) is 0 Å². The Bertz CT molecular complexity index is 325. The third kappa shape index (κ3) is 1.47. The smallest absolute Gasteiger partial charge is 0.0285 e. The van der Waals surface area contributed by atoms with Gasteiger partial charge in [-0.25, -0.2) is 0 Å². The molecule has 3 heteroatoms. The fourth-order valence-electron chi connectivity index (χ4n) is 1.65. The van der Waals surface area contributed by atoms with Gasteiger partial charge in [0.2, 0.25) is 0 Å². The second-order valence-electron chi connectivity index (χ2n) is 4.41. The third-order valence-corrected chi connectivity index (χ3v) is 5.23. The van der Waals surface area contributed by atoms with E-state index < -0.39 is 0 Å². The van der Waals surface area contributed by atoms with Crippen LogP contribution >= 0.6 is 27.3 Å². The number of nitrogens with two attached hydrogens (primary N) is 1. The van der Waals surface area contributed by atoms with Crippen molar-refractivity contribution < 1.29 is 0 Å². The molecule has 13 heavy (non-hydrogen) atoms. The predicted octanol–water partition coefficient (Wildman–Crippen LogP) is 3.28. The molecule has 0 bridgehead atoms. The molecule has 2 rings (SSSR count). The summed E-state index contributed by atoms with van der Waals surface area (Å²) in [5, 5.41) is 2.13. The van der Waals surface area contributed by atoms with Crippen LogP contribution in [0.1, 0.15) is 31.6 Å². The van der Waals surface area contributed by atoms with Gasteiger partial charge in [-0.3, -0.25) is 0 Å². The van der Waals surface area contributed by atoms with Crippen LogP contribution < -0.4 is 5.73 Å². The van der Waals surface area contributed by atoms with Crippen molar-refractivity contribution in [3.05, 3.63) is 20.8 Å². The highest BCUT2D eigenvalue weighted by Gasteiger charge is 2.52. The molecule has 72 valence electrons. The van der Waals surface area contributed by atoms with Gasteiger partial charge >= 0.3 is 0 Å². The minimum absolute atomic E-state index is 0.0529. The Kier molecular flexibility index (Phi) is 2.10. The van der Waals surface area contributed by atoms with Gasteiger partial charge in [-0.15, -0.1) is 11.3 Å². The Morgan fingerprint density at radius 2 is 2.15 bits per heavy atom. The minimum atomic E-state index is 0.0529. The van der Waals surface area contributed by atoms with Crippen LogP contribution in [-0.2, 0) is 5.41 Å². The standard InChI is InChI=1S/C10H14BrNS/c1-9(2,10(12)3-4-10)8-5-7(11)6-13-8/h5-6H,3-4,12H2,1-2H3. The molecule has 1 fully saturated rings. The number of hydrogen-bond acceptors (Lipinski definition) is 2. The monoisotopic (exact) mass is 259 g/mol. The zero-order chi connectivity index (χ0) is 9.69. The van der Waals surface area contributed by atoms with E-state index in [1.807, 2.05) is 0 Å². The Balaban J connectivity index is 2.34. The van der Waals surface area contributed by atoms with Gasteiger partial charge in [0, 0.05) is 25.7 Å². The second kappa shape index (κ2) is 2.81. The summed E-state index contributed by atoms with van der Waals surface area (Å²) < 4.78 is 1.17. The maximum Gasteiger partial charge on any atom is 0.0285 e. The molecular weight excluding hydrogens is 246 g/mol. The average molecular weight is 260 g/mol. The van der Waals surface area contributed by atoms with Crippen LogP contribution in [0.3, 0.4) is 0 Å². The molecule has 1 heterocycles. The number of rotatable bonds is 2. The SMILES string of the molecule is CC(C)(c1cc(Br)cs1)C1(N)CC1. The zero-order valence-electron chi connectivity index (χ0n) is 7.93. The molecule has 1 aliphatic carbocycles. The fourth-order valence-corrected chi connectivity index (χ4v) is 3.31. The van der Waals surface area contributed by atoms with Gasteiger partial charge in [-0.2, -0.15) is 0 Å². The topological polar surface area (TPSA) is 26.0 Å². The number of halogens is 1. The molecule has 1 aromatic rings. The molecule has 0 radical (unpaired) electrons. The van der Waals surface area contributed by atoms with Crippen LogP contribution in [-0.4, -0.2) is 5.54 Å². The molecule has 1 saturated carbocycles. The molecule has 0 aliphatic heterocycles. The fraction of sp³-hybridized carbons (Fsp3) is 0.600. The maximum absolute atomic E-state index is 6.26. The van der Waals surface area contributed by atoms with Crippen molar-refractivity contribution in [2.45, 2.75) is 37.6 Å². The first-order valence-corrected chi connectivity index (χ1v) is 6.16. The summed E-state index contributed by atoms with van der Waals surface area (Å²) in [5.74, 6) is 0. The van der Waals surface area contributed by atoms with Crippen molar-refractivity contribution in [2.24, 2.45) is 5.73 Å². The summed E-state index contributed by atoms with van der Waals surface area (Å²) in [6.45, 7) is 4.50. The van der Waals surface area contributed by atoms with E-state index in [4.69, 9.17) is 5.73 Å². The van der Waals surface area contributed by atoms with Crippen LogP contribution in [0.15, 0.2) is 15.9 Å². The number of hydrogen-bond donors (Lipinski definition) is 1. The summed E-state index contributed by atoms with van der Waals surface area (Å²) in [4.78, 5) is 1.39.